The molecule has 1 aromatic rings. The van der Waals surface area contributed by atoms with Gasteiger partial charge in [0.15, 0.2) is 0 Å². The summed E-state index contributed by atoms with van der Waals surface area (Å²) in [6, 6.07) is 7.97. The number of aliphatic hydroxyl groups excluding tert-OH is 1. The van der Waals surface area contributed by atoms with Gasteiger partial charge in [-0.25, -0.2) is 0 Å². The molecule has 5 heteroatoms. The van der Waals surface area contributed by atoms with Crippen molar-refractivity contribution in [3.63, 3.8) is 0 Å². The van der Waals surface area contributed by atoms with Gasteiger partial charge in [-0.3, -0.25) is 4.79 Å². The number of ether oxygens (including phenoxy) is 2. The largest absolute Gasteiger partial charge is 0.491 e. The molecule has 2 N–H and O–H groups in total. The third-order valence-electron chi connectivity index (χ3n) is 3.24. The zero-order valence-corrected chi connectivity index (χ0v) is 13.7. The molecular formula is C17H27NO4. The van der Waals surface area contributed by atoms with E-state index in [4.69, 9.17) is 4.74 Å². The Kier molecular flexibility index (Phi) is 8.55. The Hall–Kier alpha value is -1.59. The molecule has 0 radical (unpaired) electrons. The summed E-state index contributed by atoms with van der Waals surface area (Å²) in [6.45, 7) is 5.20. The van der Waals surface area contributed by atoms with Crippen molar-refractivity contribution in [2.24, 2.45) is 0 Å². The van der Waals surface area contributed by atoms with E-state index in [1.165, 1.54) is 7.11 Å². The average Bonchev–Trinajstić information content (AvgIpc) is 2.51. The van der Waals surface area contributed by atoms with E-state index in [1.807, 2.05) is 24.3 Å². The summed E-state index contributed by atoms with van der Waals surface area (Å²) in [5.74, 6) is 0.510. The molecule has 1 atom stereocenters. The Morgan fingerprint density at radius 1 is 1.27 bits per heavy atom. The van der Waals surface area contributed by atoms with E-state index in [0.717, 1.165) is 17.9 Å². The van der Waals surface area contributed by atoms with Crippen LogP contribution < -0.4 is 10.1 Å². The van der Waals surface area contributed by atoms with Gasteiger partial charge in [-0.2, -0.15) is 0 Å². The molecule has 0 spiro atoms. The SMILES string of the molecule is COC(=O)CCc1ccc(OC[C@@H](O)CCNC(C)C)cc1. The van der Waals surface area contributed by atoms with E-state index in [2.05, 4.69) is 23.9 Å². The van der Waals surface area contributed by atoms with E-state index in [1.54, 1.807) is 0 Å². The van der Waals surface area contributed by atoms with Crippen molar-refractivity contribution in [3.8, 4) is 5.75 Å². The number of aliphatic hydroxyl groups is 1. The molecule has 0 aliphatic carbocycles. The highest BCUT2D eigenvalue weighted by molar-refractivity contribution is 5.69. The van der Waals surface area contributed by atoms with Crippen molar-refractivity contribution in [2.75, 3.05) is 20.3 Å². The number of hydrogen-bond donors (Lipinski definition) is 2. The molecular weight excluding hydrogens is 282 g/mol. The van der Waals surface area contributed by atoms with Gasteiger partial charge in [-0.15, -0.1) is 0 Å². The maximum Gasteiger partial charge on any atom is 0.305 e. The van der Waals surface area contributed by atoms with Crippen LogP contribution in [0, 0.1) is 0 Å². The fourth-order valence-electron chi connectivity index (χ4n) is 1.92. The number of hydrogen-bond acceptors (Lipinski definition) is 5. The van der Waals surface area contributed by atoms with Crippen LogP contribution in [0.25, 0.3) is 0 Å². The fourth-order valence-corrected chi connectivity index (χ4v) is 1.92. The molecule has 5 nitrogen and oxygen atoms in total. The number of benzene rings is 1. The first-order valence-electron chi connectivity index (χ1n) is 7.71. The lowest BCUT2D eigenvalue weighted by atomic mass is 10.1. The Morgan fingerprint density at radius 3 is 2.55 bits per heavy atom. The van der Waals surface area contributed by atoms with Gasteiger partial charge in [-0.05, 0) is 37.1 Å². The van der Waals surface area contributed by atoms with Crippen LogP contribution in [-0.4, -0.2) is 43.5 Å². The van der Waals surface area contributed by atoms with Gasteiger partial charge in [-0.1, -0.05) is 26.0 Å². The van der Waals surface area contributed by atoms with Crippen LogP contribution in [0.1, 0.15) is 32.3 Å². The van der Waals surface area contributed by atoms with Gasteiger partial charge < -0.3 is 19.9 Å². The zero-order chi connectivity index (χ0) is 16.4. The van der Waals surface area contributed by atoms with Crippen LogP contribution in [0.5, 0.6) is 5.75 Å². The van der Waals surface area contributed by atoms with E-state index >= 15 is 0 Å². The number of carbonyl (C=O) groups excluding carboxylic acids is 1. The minimum absolute atomic E-state index is 0.210. The van der Waals surface area contributed by atoms with Crippen molar-refractivity contribution in [1.82, 2.24) is 5.32 Å². The second-order valence-electron chi connectivity index (χ2n) is 5.58. The number of esters is 1. The number of aryl methyl sites for hydroxylation is 1. The molecule has 0 bridgehead atoms. The molecule has 124 valence electrons. The molecule has 0 amide bonds. The molecule has 0 aliphatic heterocycles. The van der Waals surface area contributed by atoms with E-state index < -0.39 is 6.10 Å². The third kappa shape index (κ3) is 8.00. The topological polar surface area (TPSA) is 67.8 Å². The zero-order valence-electron chi connectivity index (χ0n) is 13.7. The van der Waals surface area contributed by atoms with Crippen LogP contribution >= 0.6 is 0 Å². The summed E-state index contributed by atoms with van der Waals surface area (Å²) in [5.41, 5.74) is 1.06. The van der Waals surface area contributed by atoms with E-state index in [0.29, 0.717) is 25.3 Å². The Labute approximate surface area is 132 Å². The number of nitrogens with one attached hydrogen (secondary N) is 1. The summed E-state index contributed by atoms with van der Waals surface area (Å²) in [7, 11) is 1.39. The molecule has 0 aliphatic rings. The van der Waals surface area contributed by atoms with Gasteiger partial charge >= 0.3 is 5.97 Å². The lowest BCUT2D eigenvalue weighted by molar-refractivity contribution is -0.140. The predicted octanol–water partition coefficient (Wildman–Crippen LogP) is 1.92. The highest BCUT2D eigenvalue weighted by atomic mass is 16.5. The lowest BCUT2D eigenvalue weighted by Gasteiger charge is -2.14. The van der Waals surface area contributed by atoms with Crippen LogP contribution in [0.4, 0.5) is 0 Å². The van der Waals surface area contributed by atoms with Crippen molar-refractivity contribution in [1.29, 1.82) is 0 Å². The van der Waals surface area contributed by atoms with Gasteiger partial charge in [0, 0.05) is 12.5 Å². The maximum atomic E-state index is 11.1. The molecule has 0 unspecified atom stereocenters. The minimum atomic E-state index is -0.481. The summed E-state index contributed by atoms with van der Waals surface area (Å²) in [4.78, 5) is 11.1. The second-order valence-corrected chi connectivity index (χ2v) is 5.58. The van der Waals surface area contributed by atoms with E-state index in [-0.39, 0.29) is 12.6 Å². The van der Waals surface area contributed by atoms with Crippen molar-refractivity contribution < 1.29 is 19.4 Å². The van der Waals surface area contributed by atoms with Crippen LogP contribution in [0.15, 0.2) is 24.3 Å². The monoisotopic (exact) mass is 309 g/mol. The second kappa shape index (κ2) is 10.2. The molecule has 0 fully saturated rings. The summed E-state index contributed by atoms with van der Waals surface area (Å²) < 4.78 is 10.2. The molecule has 1 aromatic carbocycles. The minimum Gasteiger partial charge on any atom is -0.491 e. The fraction of sp³-hybridized carbons (Fsp3) is 0.588. The first kappa shape index (κ1) is 18.5. The van der Waals surface area contributed by atoms with Crippen LogP contribution in [0.2, 0.25) is 0 Å². The Morgan fingerprint density at radius 2 is 1.95 bits per heavy atom. The molecule has 0 saturated carbocycles. The summed E-state index contributed by atoms with van der Waals surface area (Å²) in [5, 5.41) is 13.1. The van der Waals surface area contributed by atoms with Gasteiger partial charge in [0.25, 0.3) is 0 Å². The summed E-state index contributed by atoms with van der Waals surface area (Å²) in [6.07, 6.45) is 1.20. The predicted molar refractivity (Wildman–Crippen MR) is 86.0 cm³/mol. The maximum absolute atomic E-state index is 11.1. The van der Waals surface area contributed by atoms with Crippen LogP contribution in [-0.2, 0) is 16.0 Å². The van der Waals surface area contributed by atoms with Crippen LogP contribution in [0.3, 0.4) is 0 Å². The Bertz CT molecular complexity index is 431. The molecule has 0 saturated heterocycles. The summed E-state index contributed by atoms with van der Waals surface area (Å²) >= 11 is 0. The van der Waals surface area contributed by atoms with Gasteiger partial charge in [0.05, 0.1) is 13.2 Å². The molecule has 1 rings (SSSR count). The Balaban J connectivity index is 2.27. The first-order chi connectivity index (χ1) is 10.5. The number of rotatable bonds is 10. The smallest absolute Gasteiger partial charge is 0.305 e. The normalized spacial score (nSPS) is 12.2. The highest BCUT2D eigenvalue weighted by Gasteiger charge is 2.06. The standard InChI is InChI=1S/C17H27NO4/c1-13(2)18-11-10-15(19)12-22-16-7-4-14(5-8-16)6-9-17(20)21-3/h4-5,7-8,13,15,18-19H,6,9-12H2,1-3H3/t15-/m0/s1. The van der Waals surface area contributed by atoms with Crippen molar-refractivity contribution in [3.05, 3.63) is 29.8 Å². The van der Waals surface area contributed by atoms with E-state index in [9.17, 15) is 9.90 Å². The quantitative estimate of drug-likeness (QED) is 0.646. The molecule has 0 heterocycles. The highest BCUT2D eigenvalue weighted by Crippen LogP contribution is 2.14. The average molecular weight is 309 g/mol. The van der Waals surface area contributed by atoms with Gasteiger partial charge in [0.1, 0.15) is 12.4 Å². The third-order valence-corrected chi connectivity index (χ3v) is 3.24. The molecule has 0 aromatic heterocycles. The molecule has 22 heavy (non-hydrogen) atoms. The van der Waals surface area contributed by atoms with Crippen molar-refractivity contribution >= 4 is 5.97 Å². The number of methoxy groups -OCH3 is 1. The van der Waals surface area contributed by atoms with Crippen molar-refractivity contribution in [2.45, 2.75) is 45.3 Å². The first-order valence-corrected chi connectivity index (χ1v) is 7.71. The number of carbonyl (C=O) groups is 1. The lowest BCUT2D eigenvalue weighted by Crippen LogP contribution is -2.28. The van der Waals surface area contributed by atoms with Gasteiger partial charge in [0.2, 0.25) is 0 Å².